The van der Waals surface area contributed by atoms with Gasteiger partial charge in [0.25, 0.3) is 0 Å². The molecule has 3 rings (SSSR count). The van der Waals surface area contributed by atoms with Gasteiger partial charge < -0.3 is 14.4 Å². The maximum Gasteiger partial charge on any atom is 0.119 e. The number of hydrogen-bond donors (Lipinski definition) is 1. The van der Waals surface area contributed by atoms with Gasteiger partial charge in [0.15, 0.2) is 0 Å². The molecule has 0 aromatic heterocycles. The van der Waals surface area contributed by atoms with Crippen molar-refractivity contribution in [3.8, 4) is 5.75 Å². The molecular weight excluding hydrogens is 346 g/mol. The molecule has 0 aliphatic carbocycles. The van der Waals surface area contributed by atoms with E-state index < -0.39 is 0 Å². The predicted molar refractivity (Wildman–Crippen MR) is 115 cm³/mol. The molecule has 0 spiro atoms. The van der Waals surface area contributed by atoms with Gasteiger partial charge in [-0.05, 0) is 49.9 Å². The first-order chi connectivity index (χ1) is 13.4. The Balaban J connectivity index is 1.42. The number of morpholine rings is 1. The Morgan fingerprint density at radius 2 is 1.50 bits per heavy atom. The van der Waals surface area contributed by atoms with Crippen LogP contribution in [0.25, 0.3) is 0 Å². The Kier molecular flexibility index (Phi) is 7.14. The summed E-state index contributed by atoms with van der Waals surface area (Å²) in [5.74, 6) is 0.966. The maximum atomic E-state index is 5.98. The SMILES string of the molecule is C[C@@H]1C[NH+](CCCCOc2ccc(C(C)(C)c3ccccc3)cc2)C[C@H](C)O1. The Morgan fingerprint density at radius 3 is 2.14 bits per heavy atom. The molecule has 0 bridgehead atoms. The molecule has 28 heavy (non-hydrogen) atoms. The van der Waals surface area contributed by atoms with Gasteiger partial charge in [-0.2, -0.15) is 0 Å². The lowest BCUT2D eigenvalue weighted by atomic mass is 9.78. The van der Waals surface area contributed by atoms with Crippen molar-refractivity contribution in [3.05, 3.63) is 65.7 Å². The average Bonchev–Trinajstić information content (AvgIpc) is 2.68. The highest BCUT2D eigenvalue weighted by atomic mass is 16.5. The van der Waals surface area contributed by atoms with E-state index in [1.807, 2.05) is 0 Å². The highest BCUT2D eigenvalue weighted by Crippen LogP contribution is 2.32. The van der Waals surface area contributed by atoms with Crippen molar-refractivity contribution in [1.29, 1.82) is 0 Å². The molecule has 1 N–H and O–H groups in total. The highest BCUT2D eigenvalue weighted by molar-refractivity contribution is 5.39. The fraction of sp³-hybridized carbons (Fsp3) is 0.520. The second kappa shape index (κ2) is 9.58. The smallest absolute Gasteiger partial charge is 0.119 e. The topological polar surface area (TPSA) is 22.9 Å². The highest BCUT2D eigenvalue weighted by Gasteiger charge is 2.25. The van der Waals surface area contributed by atoms with Gasteiger partial charge in [0.1, 0.15) is 31.0 Å². The molecule has 0 radical (unpaired) electrons. The molecule has 1 aliphatic heterocycles. The van der Waals surface area contributed by atoms with E-state index in [0.717, 1.165) is 31.9 Å². The van der Waals surface area contributed by atoms with Crippen molar-refractivity contribution in [1.82, 2.24) is 0 Å². The minimum Gasteiger partial charge on any atom is -0.494 e. The fourth-order valence-electron chi connectivity index (χ4n) is 4.25. The molecule has 1 heterocycles. The molecule has 1 saturated heterocycles. The van der Waals surface area contributed by atoms with Crippen molar-refractivity contribution in [2.24, 2.45) is 0 Å². The van der Waals surface area contributed by atoms with Crippen molar-refractivity contribution < 1.29 is 14.4 Å². The lowest BCUT2D eigenvalue weighted by molar-refractivity contribution is -0.915. The van der Waals surface area contributed by atoms with Gasteiger partial charge >= 0.3 is 0 Å². The Bertz CT molecular complexity index is 701. The van der Waals surface area contributed by atoms with Gasteiger partial charge in [0, 0.05) is 5.41 Å². The summed E-state index contributed by atoms with van der Waals surface area (Å²) in [6, 6.07) is 19.3. The summed E-state index contributed by atoms with van der Waals surface area (Å²) in [5.41, 5.74) is 2.64. The van der Waals surface area contributed by atoms with E-state index in [2.05, 4.69) is 82.3 Å². The minimum atomic E-state index is -0.00496. The molecule has 0 saturated carbocycles. The first-order valence-electron chi connectivity index (χ1n) is 10.7. The van der Waals surface area contributed by atoms with Crippen LogP contribution in [0.3, 0.4) is 0 Å². The van der Waals surface area contributed by atoms with Crippen molar-refractivity contribution in [2.45, 2.75) is 58.2 Å². The second-order valence-corrected chi connectivity index (χ2v) is 8.74. The number of hydrogen-bond acceptors (Lipinski definition) is 2. The van der Waals surface area contributed by atoms with E-state index in [1.165, 1.54) is 24.1 Å². The third-order valence-electron chi connectivity index (χ3n) is 5.88. The van der Waals surface area contributed by atoms with Gasteiger partial charge in [-0.3, -0.25) is 0 Å². The summed E-state index contributed by atoms with van der Waals surface area (Å²) in [6.45, 7) is 13.2. The zero-order chi connectivity index (χ0) is 20.0. The Morgan fingerprint density at radius 1 is 0.893 bits per heavy atom. The summed E-state index contributed by atoms with van der Waals surface area (Å²) >= 11 is 0. The van der Waals surface area contributed by atoms with Crippen LogP contribution in [-0.2, 0) is 10.2 Å². The molecular formula is C25H36NO2+. The van der Waals surface area contributed by atoms with Gasteiger partial charge in [-0.1, -0.05) is 56.3 Å². The van der Waals surface area contributed by atoms with Gasteiger partial charge in [0.05, 0.1) is 13.2 Å². The molecule has 1 aliphatic rings. The van der Waals surface area contributed by atoms with Crippen LogP contribution in [0.2, 0.25) is 0 Å². The van der Waals surface area contributed by atoms with Crippen molar-refractivity contribution >= 4 is 0 Å². The number of nitrogens with one attached hydrogen (secondary N) is 1. The number of quaternary nitrogens is 1. The van der Waals surface area contributed by atoms with E-state index in [4.69, 9.17) is 9.47 Å². The molecule has 0 amide bonds. The Hall–Kier alpha value is -1.84. The summed E-state index contributed by atoms with van der Waals surface area (Å²) < 4.78 is 11.8. The largest absolute Gasteiger partial charge is 0.494 e. The van der Waals surface area contributed by atoms with Crippen molar-refractivity contribution in [3.63, 3.8) is 0 Å². The summed E-state index contributed by atoms with van der Waals surface area (Å²) in [6.07, 6.45) is 3.07. The fourth-order valence-corrected chi connectivity index (χ4v) is 4.25. The summed E-state index contributed by atoms with van der Waals surface area (Å²) in [7, 11) is 0. The summed E-state index contributed by atoms with van der Waals surface area (Å²) in [5, 5.41) is 0. The van der Waals surface area contributed by atoms with Crippen LogP contribution in [-0.4, -0.2) is 38.4 Å². The van der Waals surface area contributed by atoms with E-state index >= 15 is 0 Å². The van der Waals surface area contributed by atoms with Gasteiger partial charge in [-0.25, -0.2) is 0 Å². The zero-order valence-electron chi connectivity index (χ0n) is 17.9. The number of rotatable bonds is 8. The monoisotopic (exact) mass is 382 g/mol. The second-order valence-electron chi connectivity index (χ2n) is 8.74. The van der Waals surface area contributed by atoms with Crippen LogP contribution in [0.4, 0.5) is 0 Å². The first-order valence-corrected chi connectivity index (χ1v) is 10.7. The third kappa shape index (κ3) is 5.59. The number of benzene rings is 2. The normalized spacial score (nSPS) is 22.8. The molecule has 152 valence electrons. The molecule has 1 unspecified atom stereocenters. The van der Waals surface area contributed by atoms with E-state index in [1.54, 1.807) is 4.90 Å². The first kappa shape index (κ1) is 20.9. The van der Waals surface area contributed by atoms with Gasteiger partial charge in [-0.15, -0.1) is 0 Å². The Labute approximate surface area is 170 Å². The molecule has 2 aromatic carbocycles. The van der Waals surface area contributed by atoms with Crippen LogP contribution in [0.5, 0.6) is 5.75 Å². The molecule has 1 fully saturated rings. The predicted octanol–water partition coefficient (Wildman–Crippen LogP) is 3.86. The third-order valence-corrected chi connectivity index (χ3v) is 5.88. The molecule has 3 nitrogen and oxygen atoms in total. The van der Waals surface area contributed by atoms with E-state index in [9.17, 15) is 0 Å². The zero-order valence-corrected chi connectivity index (χ0v) is 17.9. The van der Waals surface area contributed by atoms with Crippen LogP contribution < -0.4 is 9.64 Å². The van der Waals surface area contributed by atoms with Gasteiger partial charge in [0.2, 0.25) is 0 Å². The number of ether oxygens (including phenoxy) is 2. The average molecular weight is 383 g/mol. The van der Waals surface area contributed by atoms with Crippen molar-refractivity contribution in [2.75, 3.05) is 26.2 Å². The molecule has 2 aromatic rings. The lowest BCUT2D eigenvalue weighted by Gasteiger charge is -2.32. The van der Waals surface area contributed by atoms with Crippen LogP contribution in [0.15, 0.2) is 54.6 Å². The van der Waals surface area contributed by atoms with Crippen LogP contribution >= 0.6 is 0 Å². The molecule has 3 atom stereocenters. The van der Waals surface area contributed by atoms with Crippen LogP contribution in [0.1, 0.15) is 51.7 Å². The quantitative estimate of drug-likeness (QED) is 0.701. The van der Waals surface area contributed by atoms with E-state index in [-0.39, 0.29) is 5.41 Å². The number of unbranched alkanes of at least 4 members (excludes halogenated alkanes) is 1. The summed E-state index contributed by atoms with van der Waals surface area (Å²) in [4.78, 5) is 1.67. The van der Waals surface area contributed by atoms with E-state index in [0.29, 0.717) is 12.2 Å². The standard InChI is InChI=1S/C25H35NO2/c1-20-18-26(19-21(2)28-20)16-8-9-17-27-24-14-12-23(13-15-24)25(3,4)22-10-6-5-7-11-22/h5-7,10-15,20-21H,8-9,16-19H2,1-4H3/p+1/t20-,21+. The lowest BCUT2D eigenvalue weighted by Crippen LogP contribution is -3.15. The minimum absolute atomic E-state index is 0.00496. The maximum absolute atomic E-state index is 5.98. The molecule has 3 heteroatoms. The van der Waals surface area contributed by atoms with Crippen LogP contribution in [0, 0.1) is 0 Å².